The van der Waals surface area contributed by atoms with E-state index in [0.29, 0.717) is 16.0 Å². The molecule has 0 aromatic heterocycles. The zero-order chi connectivity index (χ0) is 16.1. The van der Waals surface area contributed by atoms with Crippen molar-refractivity contribution in [3.05, 3.63) is 22.2 Å². The van der Waals surface area contributed by atoms with Crippen LogP contribution in [0, 0.1) is 0 Å². The van der Waals surface area contributed by atoms with Crippen molar-refractivity contribution in [3.63, 3.8) is 0 Å². The van der Waals surface area contributed by atoms with E-state index in [9.17, 15) is 9.59 Å². The molecule has 1 aromatic rings. The first-order valence-electron chi connectivity index (χ1n) is 7.32. The highest BCUT2D eigenvalue weighted by atomic mass is 79.9. The van der Waals surface area contributed by atoms with E-state index in [0.717, 1.165) is 25.7 Å². The molecular weight excluding hydrogens is 352 g/mol. The Balaban J connectivity index is 2.30. The molecule has 1 aromatic carbocycles. The van der Waals surface area contributed by atoms with Crippen LogP contribution in [0.15, 0.2) is 16.6 Å². The third-order valence-corrected chi connectivity index (χ3v) is 4.12. The number of benzene rings is 1. The van der Waals surface area contributed by atoms with E-state index in [-0.39, 0.29) is 18.3 Å². The number of rotatable bonds is 6. The van der Waals surface area contributed by atoms with Gasteiger partial charge in [-0.05, 0) is 60.7 Å². The van der Waals surface area contributed by atoms with Crippen molar-refractivity contribution < 1.29 is 23.8 Å². The fourth-order valence-electron chi connectivity index (χ4n) is 2.49. The van der Waals surface area contributed by atoms with E-state index in [1.807, 2.05) is 0 Å². The Bertz CT molecular complexity index is 564. The third kappa shape index (κ3) is 3.80. The first-order valence-corrected chi connectivity index (χ1v) is 8.11. The van der Waals surface area contributed by atoms with Crippen LogP contribution < -0.4 is 9.47 Å². The molecule has 0 heterocycles. The Kier molecular flexibility index (Phi) is 5.83. The van der Waals surface area contributed by atoms with E-state index >= 15 is 0 Å². The molecule has 0 amide bonds. The third-order valence-electron chi connectivity index (χ3n) is 3.53. The maximum atomic E-state index is 12.1. The molecule has 1 aliphatic rings. The van der Waals surface area contributed by atoms with Gasteiger partial charge in [0, 0.05) is 5.56 Å². The second kappa shape index (κ2) is 7.63. The quantitative estimate of drug-likeness (QED) is 0.435. The van der Waals surface area contributed by atoms with Gasteiger partial charge in [0.05, 0.1) is 24.3 Å². The molecule has 5 nitrogen and oxygen atoms in total. The van der Waals surface area contributed by atoms with Crippen molar-refractivity contribution in [1.29, 1.82) is 0 Å². The summed E-state index contributed by atoms with van der Waals surface area (Å²) in [5, 5.41) is 0. The van der Waals surface area contributed by atoms with Gasteiger partial charge < -0.3 is 14.2 Å². The maximum Gasteiger partial charge on any atom is 0.379 e. The van der Waals surface area contributed by atoms with Crippen LogP contribution >= 0.6 is 15.9 Å². The van der Waals surface area contributed by atoms with E-state index in [1.54, 1.807) is 19.1 Å². The zero-order valence-electron chi connectivity index (χ0n) is 12.7. The lowest BCUT2D eigenvalue weighted by Crippen LogP contribution is -2.18. The van der Waals surface area contributed by atoms with E-state index in [4.69, 9.17) is 14.2 Å². The molecule has 0 atom stereocenters. The fourth-order valence-corrected chi connectivity index (χ4v) is 3.09. The normalized spacial score (nSPS) is 14.7. The molecule has 0 spiro atoms. The number of carbonyl (C=O) groups is 2. The number of carbonyl (C=O) groups excluding carboxylic acids is 2. The molecule has 120 valence electrons. The number of ether oxygens (including phenoxy) is 3. The molecular formula is C16H19BrO5. The Morgan fingerprint density at radius 2 is 1.95 bits per heavy atom. The van der Waals surface area contributed by atoms with Gasteiger partial charge in [-0.3, -0.25) is 4.79 Å². The predicted molar refractivity (Wildman–Crippen MR) is 84.5 cm³/mol. The summed E-state index contributed by atoms with van der Waals surface area (Å²) in [6.07, 6.45) is 4.35. The molecule has 0 radical (unpaired) electrons. The van der Waals surface area contributed by atoms with Crippen molar-refractivity contribution in [2.75, 3.05) is 13.7 Å². The lowest BCUT2D eigenvalue weighted by atomic mass is 10.1. The summed E-state index contributed by atoms with van der Waals surface area (Å²) in [4.78, 5) is 23.7. The number of hydrogen-bond donors (Lipinski definition) is 0. The van der Waals surface area contributed by atoms with Crippen molar-refractivity contribution in [2.24, 2.45) is 0 Å². The van der Waals surface area contributed by atoms with Crippen LogP contribution in [0.1, 0.15) is 43.0 Å². The first kappa shape index (κ1) is 16.8. The summed E-state index contributed by atoms with van der Waals surface area (Å²) >= 11 is 3.35. The Labute approximate surface area is 138 Å². The fraction of sp³-hybridized carbons (Fsp3) is 0.500. The highest BCUT2D eigenvalue weighted by molar-refractivity contribution is 9.10. The van der Waals surface area contributed by atoms with Gasteiger partial charge in [0.25, 0.3) is 5.78 Å². The lowest BCUT2D eigenvalue weighted by molar-refractivity contribution is -0.137. The minimum absolute atomic E-state index is 0.119. The van der Waals surface area contributed by atoms with Gasteiger partial charge in [-0.25, -0.2) is 4.79 Å². The van der Waals surface area contributed by atoms with Crippen LogP contribution in [0.2, 0.25) is 0 Å². The predicted octanol–water partition coefficient (Wildman–Crippen LogP) is 3.52. The number of halogens is 1. The molecule has 6 heteroatoms. The number of esters is 1. The van der Waals surface area contributed by atoms with E-state index < -0.39 is 11.8 Å². The summed E-state index contributed by atoms with van der Waals surface area (Å²) in [5.74, 6) is -0.573. The topological polar surface area (TPSA) is 61.8 Å². The van der Waals surface area contributed by atoms with Gasteiger partial charge in [-0.1, -0.05) is 0 Å². The van der Waals surface area contributed by atoms with Gasteiger partial charge in [-0.15, -0.1) is 0 Å². The molecule has 0 N–H and O–H groups in total. The average Bonchev–Trinajstić information content (AvgIpc) is 2.99. The van der Waals surface area contributed by atoms with Gasteiger partial charge in [0.2, 0.25) is 0 Å². The summed E-state index contributed by atoms with van der Waals surface area (Å²) in [6.45, 7) is 1.82. The monoisotopic (exact) mass is 370 g/mol. The minimum atomic E-state index is -0.869. The second-order valence-electron chi connectivity index (χ2n) is 5.06. The smallest absolute Gasteiger partial charge is 0.379 e. The molecule has 0 saturated heterocycles. The maximum absolute atomic E-state index is 12.1. The lowest BCUT2D eigenvalue weighted by Gasteiger charge is -2.17. The van der Waals surface area contributed by atoms with Crippen molar-refractivity contribution in [1.82, 2.24) is 0 Å². The minimum Gasteiger partial charge on any atom is -0.492 e. The zero-order valence-corrected chi connectivity index (χ0v) is 14.3. The number of Topliss-reactive ketones (excluding diaryl/α,β-unsaturated/α-hetero) is 1. The molecule has 1 saturated carbocycles. The highest BCUT2D eigenvalue weighted by Gasteiger charge is 2.24. The number of hydrogen-bond acceptors (Lipinski definition) is 5. The number of ketones is 1. The Morgan fingerprint density at radius 1 is 1.27 bits per heavy atom. The van der Waals surface area contributed by atoms with E-state index in [2.05, 4.69) is 15.9 Å². The summed E-state index contributed by atoms with van der Waals surface area (Å²) < 4.78 is 16.6. The molecule has 22 heavy (non-hydrogen) atoms. The molecule has 1 fully saturated rings. The summed E-state index contributed by atoms with van der Waals surface area (Å²) in [7, 11) is 1.54. The Hall–Kier alpha value is -1.56. The average molecular weight is 371 g/mol. The molecule has 0 aliphatic heterocycles. The molecule has 2 rings (SSSR count). The highest BCUT2D eigenvalue weighted by Crippen LogP contribution is 2.38. The van der Waals surface area contributed by atoms with Gasteiger partial charge in [-0.2, -0.15) is 0 Å². The second-order valence-corrected chi connectivity index (χ2v) is 5.92. The summed E-state index contributed by atoms with van der Waals surface area (Å²) in [5.41, 5.74) is 0.221. The largest absolute Gasteiger partial charge is 0.492 e. The van der Waals surface area contributed by atoms with Crippen LogP contribution in [0.3, 0.4) is 0 Å². The van der Waals surface area contributed by atoms with Gasteiger partial charge in [0.1, 0.15) is 0 Å². The van der Waals surface area contributed by atoms with E-state index in [1.165, 1.54) is 7.11 Å². The van der Waals surface area contributed by atoms with Crippen molar-refractivity contribution in [2.45, 2.75) is 38.7 Å². The van der Waals surface area contributed by atoms with Crippen LogP contribution in [-0.2, 0) is 9.53 Å². The number of methoxy groups -OCH3 is 1. The summed E-state index contributed by atoms with van der Waals surface area (Å²) in [6, 6.07) is 3.08. The molecule has 0 unspecified atom stereocenters. The van der Waals surface area contributed by atoms with Crippen LogP contribution in [0.5, 0.6) is 11.5 Å². The SMILES string of the molecule is CCOC(=O)C(=O)c1cc(Br)c(OC)c(OC2CCCC2)c1. The molecule has 0 bridgehead atoms. The molecule has 1 aliphatic carbocycles. The Morgan fingerprint density at radius 3 is 2.55 bits per heavy atom. The van der Waals surface area contributed by atoms with Gasteiger partial charge in [0.15, 0.2) is 11.5 Å². The van der Waals surface area contributed by atoms with Crippen LogP contribution in [0.25, 0.3) is 0 Å². The van der Waals surface area contributed by atoms with Crippen molar-refractivity contribution >= 4 is 27.7 Å². The van der Waals surface area contributed by atoms with Crippen LogP contribution in [0.4, 0.5) is 0 Å². The van der Waals surface area contributed by atoms with Crippen molar-refractivity contribution in [3.8, 4) is 11.5 Å². The van der Waals surface area contributed by atoms with Crippen LogP contribution in [-0.4, -0.2) is 31.6 Å². The van der Waals surface area contributed by atoms with Gasteiger partial charge >= 0.3 is 5.97 Å². The first-order chi connectivity index (χ1) is 10.6. The standard InChI is InChI=1S/C16H19BrO5/c1-3-21-16(19)14(18)10-8-12(17)15(20-2)13(9-10)22-11-6-4-5-7-11/h8-9,11H,3-7H2,1-2H3.